The maximum Gasteiger partial charge on any atom is 0.261 e. The van der Waals surface area contributed by atoms with Crippen molar-refractivity contribution in [1.29, 1.82) is 0 Å². The van der Waals surface area contributed by atoms with Gasteiger partial charge in [0.25, 0.3) is 5.56 Å². The van der Waals surface area contributed by atoms with E-state index in [-0.39, 0.29) is 17.9 Å². The predicted octanol–water partition coefficient (Wildman–Crippen LogP) is 3.88. The van der Waals surface area contributed by atoms with Crippen LogP contribution in [0.5, 0.6) is 0 Å². The fourth-order valence-corrected chi connectivity index (χ4v) is 3.27. The van der Waals surface area contributed by atoms with Gasteiger partial charge in [-0.15, -0.1) is 0 Å². The summed E-state index contributed by atoms with van der Waals surface area (Å²) >= 11 is 6.04. The molecule has 0 bridgehead atoms. The Bertz CT molecular complexity index is 1000. The predicted molar refractivity (Wildman–Crippen MR) is 108 cm³/mol. The van der Waals surface area contributed by atoms with Crippen LogP contribution >= 0.6 is 11.6 Å². The highest BCUT2D eigenvalue weighted by Crippen LogP contribution is 2.14. The van der Waals surface area contributed by atoms with Crippen LogP contribution in [0.1, 0.15) is 25.3 Å². The van der Waals surface area contributed by atoms with E-state index in [1.54, 1.807) is 12.1 Å². The van der Waals surface area contributed by atoms with E-state index < -0.39 is 0 Å². The summed E-state index contributed by atoms with van der Waals surface area (Å²) in [5.74, 6) is 0.0110. The Labute approximate surface area is 163 Å². The normalized spacial score (nSPS) is 10.9. The zero-order chi connectivity index (χ0) is 19.2. The van der Waals surface area contributed by atoms with Crippen LogP contribution in [0.15, 0.2) is 59.7 Å². The van der Waals surface area contributed by atoms with Crippen LogP contribution in [0.25, 0.3) is 10.9 Å². The lowest BCUT2D eigenvalue weighted by Gasteiger charge is -2.22. The third kappa shape index (κ3) is 4.74. The first-order valence-corrected chi connectivity index (χ1v) is 9.42. The minimum absolute atomic E-state index is 0.0110. The second kappa shape index (κ2) is 8.82. The fourth-order valence-electron chi connectivity index (χ4n) is 3.06. The van der Waals surface area contributed by atoms with Gasteiger partial charge in [-0.2, -0.15) is 0 Å². The van der Waals surface area contributed by atoms with Crippen LogP contribution < -0.4 is 5.56 Å². The largest absolute Gasteiger partial charge is 0.338 e. The average molecular weight is 384 g/mol. The Hall–Kier alpha value is -2.66. The maximum atomic E-state index is 12.7. The van der Waals surface area contributed by atoms with Gasteiger partial charge in [-0.3, -0.25) is 14.2 Å². The highest BCUT2D eigenvalue weighted by Gasteiger charge is 2.14. The summed E-state index contributed by atoms with van der Waals surface area (Å²) in [6.07, 6.45) is 2.63. The van der Waals surface area contributed by atoms with E-state index in [4.69, 9.17) is 11.6 Å². The molecular weight excluding hydrogens is 362 g/mol. The zero-order valence-electron chi connectivity index (χ0n) is 15.3. The van der Waals surface area contributed by atoms with Gasteiger partial charge in [0.1, 0.15) is 0 Å². The lowest BCUT2D eigenvalue weighted by atomic mass is 10.2. The van der Waals surface area contributed by atoms with Gasteiger partial charge in [-0.1, -0.05) is 42.8 Å². The quantitative estimate of drug-likeness (QED) is 0.622. The SMILES string of the molecule is CCCN(Cc1cccc(Cl)c1)C(=O)CCn1cnc2ccccc2c1=O. The Morgan fingerprint density at radius 1 is 1.19 bits per heavy atom. The Balaban J connectivity index is 1.71. The van der Waals surface area contributed by atoms with Gasteiger partial charge in [-0.25, -0.2) is 4.98 Å². The molecule has 27 heavy (non-hydrogen) atoms. The number of amides is 1. The number of fused-ring (bicyclic) bond motifs is 1. The number of aryl methyl sites for hydroxylation is 1. The number of halogens is 1. The minimum Gasteiger partial charge on any atom is -0.338 e. The molecule has 0 unspecified atom stereocenters. The van der Waals surface area contributed by atoms with Gasteiger partial charge in [0.15, 0.2) is 0 Å². The molecule has 0 saturated carbocycles. The van der Waals surface area contributed by atoms with Crippen LogP contribution in [0.3, 0.4) is 0 Å². The molecule has 140 valence electrons. The number of hydrogen-bond acceptors (Lipinski definition) is 3. The van der Waals surface area contributed by atoms with Gasteiger partial charge in [-0.05, 0) is 36.2 Å². The second-order valence-electron chi connectivity index (χ2n) is 6.46. The van der Waals surface area contributed by atoms with Crippen molar-refractivity contribution >= 4 is 28.4 Å². The van der Waals surface area contributed by atoms with Crippen molar-refractivity contribution in [2.75, 3.05) is 6.54 Å². The molecule has 1 heterocycles. The summed E-state index contributed by atoms with van der Waals surface area (Å²) in [7, 11) is 0. The molecule has 2 aromatic carbocycles. The molecular formula is C21H22ClN3O2. The lowest BCUT2D eigenvalue weighted by molar-refractivity contribution is -0.132. The number of carbonyl (C=O) groups is 1. The van der Waals surface area contributed by atoms with Crippen molar-refractivity contribution in [2.45, 2.75) is 32.9 Å². The number of para-hydroxylation sites is 1. The first kappa shape index (κ1) is 19.1. The number of nitrogens with zero attached hydrogens (tertiary/aromatic N) is 3. The van der Waals surface area contributed by atoms with E-state index in [9.17, 15) is 9.59 Å². The monoisotopic (exact) mass is 383 g/mol. The van der Waals surface area contributed by atoms with E-state index in [1.165, 1.54) is 10.9 Å². The van der Waals surface area contributed by atoms with Crippen LogP contribution in [-0.4, -0.2) is 26.9 Å². The van der Waals surface area contributed by atoms with Crippen molar-refractivity contribution in [3.63, 3.8) is 0 Å². The van der Waals surface area contributed by atoms with E-state index in [0.29, 0.717) is 35.6 Å². The topological polar surface area (TPSA) is 55.2 Å². The summed E-state index contributed by atoms with van der Waals surface area (Å²) in [4.78, 5) is 31.4. The summed E-state index contributed by atoms with van der Waals surface area (Å²) in [5, 5.41) is 1.22. The Kier molecular flexibility index (Phi) is 6.24. The zero-order valence-corrected chi connectivity index (χ0v) is 16.0. The van der Waals surface area contributed by atoms with E-state index in [0.717, 1.165) is 12.0 Å². The third-order valence-electron chi connectivity index (χ3n) is 4.41. The summed E-state index contributed by atoms with van der Waals surface area (Å²) < 4.78 is 1.50. The molecule has 1 amide bonds. The molecule has 3 aromatic rings. The lowest BCUT2D eigenvalue weighted by Crippen LogP contribution is -2.33. The van der Waals surface area contributed by atoms with Gasteiger partial charge < -0.3 is 4.90 Å². The fraction of sp³-hybridized carbons (Fsp3) is 0.286. The molecule has 0 saturated heterocycles. The first-order chi connectivity index (χ1) is 13.1. The molecule has 6 heteroatoms. The Morgan fingerprint density at radius 3 is 2.78 bits per heavy atom. The second-order valence-corrected chi connectivity index (χ2v) is 6.89. The van der Waals surface area contributed by atoms with Gasteiger partial charge in [0.05, 0.1) is 17.2 Å². The maximum absolute atomic E-state index is 12.7. The van der Waals surface area contributed by atoms with Crippen molar-refractivity contribution < 1.29 is 4.79 Å². The van der Waals surface area contributed by atoms with Crippen LogP contribution in [0.2, 0.25) is 5.02 Å². The summed E-state index contributed by atoms with van der Waals surface area (Å²) in [6.45, 7) is 3.52. The molecule has 0 aliphatic rings. The standard InChI is InChI=1S/C21H22ClN3O2/c1-2-11-24(14-16-6-5-7-17(22)13-16)20(26)10-12-25-15-23-19-9-4-3-8-18(19)21(25)27/h3-9,13,15H,2,10-12,14H2,1H3. The van der Waals surface area contributed by atoms with Crippen LogP contribution in [-0.2, 0) is 17.9 Å². The number of rotatable bonds is 7. The van der Waals surface area contributed by atoms with Crippen molar-refractivity contribution in [2.24, 2.45) is 0 Å². The van der Waals surface area contributed by atoms with E-state index in [1.807, 2.05) is 48.2 Å². The highest BCUT2D eigenvalue weighted by atomic mass is 35.5. The number of carbonyl (C=O) groups excluding carboxylic acids is 1. The minimum atomic E-state index is -0.120. The smallest absolute Gasteiger partial charge is 0.261 e. The van der Waals surface area contributed by atoms with Crippen molar-refractivity contribution in [3.8, 4) is 0 Å². The molecule has 0 radical (unpaired) electrons. The van der Waals surface area contributed by atoms with Crippen molar-refractivity contribution in [3.05, 3.63) is 75.8 Å². The highest BCUT2D eigenvalue weighted by molar-refractivity contribution is 6.30. The average Bonchev–Trinajstić information content (AvgIpc) is 2.67. The molecule has 0 atom stereocenters. The Morgan fingerprint density at radius 2 is 2.00 bits per heavy atom. The number of benzene rings is 2. The first-order valence-electron chi connectivity index (χ1n) is 9.05. The van der Waals surface area contributed by atoms with Gasteiger partial charge in [0.2, 0.25) is 5.91 Å². The molecule has 0 aliphatic carbocycles. The van der Waals surface area contributed by atoms with Gasteiger partial charge in [0, 0.05) is 31.1 Å². The van der Waals surface area contributed by atoms with Crippen molar-refractivity contribution in [1.82, 2.24) is 14.5 Å². The van der Waals surface area contributed by atoms with E-state index >= 15 is 0 Å². The molecule has 0 spiro atoms. The van der Waals surface area contributed by atoms with E-state index in [2.05, 4.69) is 4.98 Å². The number of hydrogen-bond donors (Lipinski definition) is 0. The van der Waals surface area contributed by atoms with Crippen LogP contribution in [0, 0.1) is 0 Å². The molecule has 3 rings (SSSR count). The molecule has 1 aromatic heterocycles. The molecule has 5 nitrogen and oxygen atoms in total. The number of aromatic nitrogens is 2. The molecule has 0 fully saturated rings. The molecule has 0 aliphatic heterocycles. The summed E-state index contributed by atoms with van der Waals surface area (Å²) in [6, 6.07) is 14.7. The summed E-state index contributed by atoms with van der Waals surface area (Å²) in [5.41, 5.74) is 1.54. The molecule has 0 N–H and O–H groups in total. The van der Waals surface area contributed by atoms with Crippen LogP contribution in [0.4, 0.5) is 0 Å². The third-order valence-corrected chi connectivity index (χ3v) is 4.64. The van der Waals surface area contributed by atoms with Gasteiger partial charge >= 0.3 is 0 Å².